The maximum atomic E-state index is 12.8. The number of rotatable bonds is 7. The van der Waals surface area contributed by atoms with Crippen LogP contribution >= 0.6 is 0 Å². The summed E-state index contributed by atoms with van der Waals surface area (Å²) in [6.07, 6.45) is 4.19. The number of benzene rings is 1. The lowest BCUT2D eigenvalue weighted by atomic mass is 10.00. The molecule has 0 saturated heterocycles. The monoisotopic (exact) mass is 465 g/mol. The molecule has 33 heavy (non-hydrogen) atoms. The van der Waals surface area contributed by atoms with Crippen molar-refractivity contribution in [3.8, 4) is 22.9 Å². The van der Waals surface area contributed by atoms with E-state index in [9.17, 15) is 8.42 Å². The van der Waals surface area contributed by atoms with Crippen LogP contribution in [0.1, 0.15) is 11.1 Å². The van der Waals surface area contributed by atoms with E-state index in [1.54, 1.807) is 38.5 Å². The molecule has 4 aromatic rings. The zero-order valence-electron chi connectivity index (χ0n) is 18.6. The van der Waals surface area contributed by atoms with Crippen LogP contribution < -0.4 is 14.8 Å². The van der Waals surface area contributed by atoms with Gasteiger partial charge in [-0.1, -0.05) is 18.2 Å². The Morgan fingerprint density at radius 2 is 1.79 bits per heavy atom. The van der Waals surface area contributed by atoms with Gasteiger partial charge in [0.1, 0.15) is 16.5 Å². The van der Waals surface area contributed by atoms with Crippen LogP contribution in [0.5, 0.6) is 11.6 Å². The number of hydrogen-bond donors (Lipinski definition) is 2. The molecule has 0 bridgehead atoms. The van der Waals surface area contributed by atoms with Crippen molar-refractivity contribution >= 4 is 21.8 Å². The average molecular weight is 466 g/mol. The van der Waals surface area contributed by atoms with Crippen LogP contribution in [0.2, 0.25) is 0 Å². The summed E-state index contributed by atoms with van der Waals surface area (Å²) < 4.78 is 35.4. The molecular weight excluding hydrogens is 442 g/mol. The number of aromatic nitrogens is 5. The first kappa shape index (κ1) is 22.2. The summed E-state index contributed by atoms with van der Waals surface area (Å²) in [5, 5.41) is 6.86. The summed E-state index contributed by atoms with van der Waals surface area (Å²) in [6.45, 7) is 3.93. The Morgan fingerprint density at radius 3 is 2.39 bits per heavy atom. The van der Waals surface area contributed by atoms with Gasteiger partial charge < -0.3 is 10.1 Å². The number of aryl methyl sites for hydroxylation is 3. The van der Waals surface area contributed by atoms with Crippen molar-refractivity contribution in [2.45, 2.75) is 18.7 Å². The Bertz CT molecular complexity index is 1380. The third-order valence-electron chi connectivity index (χ3n) is 4.87. The van der Waals surface area contributed by atoms with Crippen molar-refractivity contribution < 1.29 is 13.2 Å². The second-order valence-electron chi connectivity index (χ2n) is 7.37. The van der Waals surface area contributed by atoms with Gasteiger partial charge in [0, 0.05) is 31.9 Å². The second-order valence-corrected chi connectivity index (χ2v) is 9.05. The Kier molecular flexibility index (Phi) is 5.97. The van der Waals surface area contributed by atoms with Crippen molar-refractivity contribution in [3.63, 3.8) is 0 Å². The van der Waals surface area contributed by atoms with E-state index in [1.807, 2.05) is 32.0 Å². The fraction of sp³-hybridized carbons (Fsp3) is 0.182. The molecule has 170 valence electrons. The van der Waals surface area contributed by atoms with Crippen molar-refractivity contribution in [1.82, 2.24) is 24.7 Å². The van der Waals surface area contributed by atoms with Crippen LogP contribution in [0.25, 0.3) is 11.3 Å². The van der Waals surface area contributed by atoms with Gasteiger partial charge in [-0.25, -0.2) is 23.1 Å². The Balaban J connectivity index is 1.77. The number of nitrogens with one attached hydrogen (secondary N) is 2. The molecule has 3 heterocycles. The highest BCUT2D eigenvalue weighted by Gasteiger charge is 2.20. The van der Waals surface area contributed by atoms with Crippen LogP contribution in [0.15, 0.2) is 59.9 Å². The van der Waals surface area contributed by atoms with E-state index in [0.29, 0.717) is 17.3 Å². The number of hydrogen-bond acceptors (Lipinski definition) is 8. The molecule has 0 unspecified atom stereocenters. The van der Waals surface area contributed by atoms with Crippen molar-refractivity contribution in [2.75, 3.05) is 17.1 Å². The highest BCUT2D eigenvalue weighted by atomic mass is 32.2. The van der Waals surface area contributed by atoms with Gasteiger partial charge in [-0.2, -0.15) is 10.1 Å². The van der Waals surface area contributed by atoms with Crippen molar-refractivity contribution in [3.05, 3.63) is 66.1 Å². The molecule has 11 heteroatoms. The molecule has 0 aliphatic rings. The number of pyridine rings is 1. The molecule has 10 nitrogen and oxygen atoms in total. The molecule has 1 aromatic carbocycles. The minimum absolute atomic E-state index is 0.000369. The summed E-state index contributed by atoms with van der Waals surface area (Å²) in [7, 11) is -0.541. The summed E-state index contributed by atoms with van der Waals surface area (Å²) in [4.78, 5) is 13.0. The fourth-order valence-corrected chi connectivity index (χ4v) is 4.22. The van der Waals surface area contributed by atoms with Crippen molar-refractivity contribution in [2.24, 2.45) is 7.05 Å². The molecule has 0 spiro atoms. The minimum atomic E-state index is -3.94. The van der Waals surface area contributed by atoms with Gasteiger partial charge >= 0.3 is 0 Å². The summed E-state index contributed by atoms with van der Waals surface area (Å²) >= 11 is 0. The van der Waals surface area contributed by atoms with E-state index in [4.69, 9.17) is 4.74 Å². The van der Waals surface area contributed by atoms with Gasteiger partial charge in [0.2, 0.25) is 11.8 Å². The lowest BCUT2D eigenvalue weighted by Gasteiger charge is -2.13. The van der Waals surface area contributed by atoms with Gasteiger partial charge in [0.05, 0.1) is 18.1 Å². The van der Waals surface area contributed by atoms with Gasteiger partial charge in [0.25, 0.3) is 10.0 Å². The molecular formula is C22H23N7O3S. The number of sulfonamides is 1. The first-order valence-electron chi connectivity index (χ1n) is 10.0. The Hall–Kier alpha value is -3.99. The van der Waals surface area contributed by atoms with Crippen LogP contribution in [0, 0.1) is 13.8 Å². The van der Waals surface area contributed by atoms with Gasteiger partial charge in [-0.15, -0.1) is 0 Å². The molecule has 2 N–H and O–H groups in total. The number of ether oxygens (including phenoxy) is 1. The zero-order chi connectivity index (χ0) is 23.6. The largest absolute Gasteiger partial charge is 0.437 e. The third-order valence-corrected chi connectivity index (χ3v) is 6.15. The molecule has 0 atom stereocenters. The lowest BCUT2D eigenvalue weighted by Crippen LogP contribution is -2.15. The van der Waals surface area contributed by atoms with Gasteiger partial charge in [-0.05, 0) is 37.1 Å². The Morgan fingerprint density at radius 1 is 1.03 bits per heavy atom. The number of anilines is 2. The third kappa shape index (κ3) is 4.93. The highest BCUT2D eigenvalue weighted by Crippen LogP contribution is 2.31. The quantitative estimate of drug-likeness (QED) is 0.425. The maximum absolute atomic E-state index is 12.8. The first-order valence-corrected chi connectivity index (χ1v) is 11.5. The van der Waals surface area contributed by atoms with Crippen molar-refractivity contribution in [1.29, 1.82) is 0 Å². The second kappa shape index (κ2) is 8.87. The van der Waals surface area contributed by atoms with Gasteiger partial charge in [0.15, 0.2) is 0 Å². The summed E-state index contributed by atoms with van der Waals surface area (Å²) in [5.74, 6) is 1.19. The molecule has 3 aromatic heterocycles. The molecule has 0 aliphatic carbocycles. The van der Waals surface area contributed by atoms with E-state index in [2.05, 4.69) is 30.1 Å². The molecule has 0 fully saturated rings. The van der Waals surface area contributed by atoms with Crippen LogP contribution in [-0.2, 0) is 17.1 Å². The number of nitrogens with zero attached hydrogens (tertiary/aromatic N) is 5. The molecule has 0 saturated carbocycles. The molecule has 0 radical (unpaired) electrons. The minimum Gasteiger partial charge on any atom is -0.437 e. The predicted octanol–water partition coefficient (Wildman–Crippen LogP) is 3.52. The standard InChI is InChI=1S/C22H23N7O3S/c1-14-6-5-7-15(2)21(14)18-10-20(32-16-8-9-19(23-3)24-11-16)27-22(26-18)28-33(30,31)17-12-25-29(4)13-17/h5-13H,1-4H3,(H,23,24)(H,26,27,28). The predicted molar refractivity (Wildman–Crippen MR) is 125 cm³/mol. The maximum Gasteiger partial charge on any atom is 0.267 e. The summed E-state index contributed by atoms with van der Waals surface area (Å²) in [5.41, 5.74) is 3.37. The van der Waals surface area contributed by atoms with E-state index in [1.165, 1.54) is 17.1 Å². The highest BCUT2D eigenvalue weighted by molar-refractivity contribution is 7.92. The van der Waals surface area contributed by atoms with E-state index in [0.717, 1.165) is 16.7 Å². The normalized spacial score (nSPS) is 11.3. The topological polar surface area (TPSA) is 124 Å². The van der Waals surface area contributed by atoms with E-state index >= 15 is 0 Å². The SMILES string of the molecule is CNc1ccc(Oc2cc(-c3c(C)cccc3C)nc(NS(=O)(=O)c3cnn(C)c3)n2)cn1. The fourth-order valence-electron chi connectivity index (χ4n) is 3.30. The van der Waals surface area contributed by atoms with Crippen LogP contribution in [0.4, 0.5) is 11.8 Å². The van der Waals surface area contributed by atoms with Gasteiger partial charge in [-0.3, -0.25) is 4.68 Å². The molecule has 4 rings (SSSR count). The smallest absolute Gasteiger partial charge is 0.267 e. The molecule has 0 aliphatic heterocycles. The van der Waals surface area contributed by atoms with E-state index in [-0.39, 0.29) is 16.7 Å². The first-order chi connectivity index (χ1) is 15.7. The van der Waals surface area contributed by atoms with Crippen LogP contribution in [0.3, 0.4) is 0 Å². The zero-order valence-corrected chi connectivity index (χ0v) is 19.4. The molecule has 0 amide bonds. The lowest BCUT2D eigenvalue weighted by molar-refractivity contribution is 0.461. The van der Waals surface area contributed by atoms with Crippen LogP contribution in [-0.4, -0.2) is 40.2 Å². The summed E-state index contributed by atoms with van der Waals surface area (Å²) in [6, 6.07) is 11.0. The average Bonchev–Trinajstić information content (AvgIpc) is 3.21. The van der Waals surface area contributed by atoms with E-state index < -0.39 is 10.0 Å². The Labute approximate surface area is 191 Å².